The topological polar surface area (TPSA) is 89.3 Å². The molecule has 0 radical (unpaired) electrons. The second-order valence-electron chi connectivity index (χ2n) is 3.20. The number of hydrogen-bond acceptors (Lipinski definition) is 5. The van der Waals surface area contributed by atoms with Gasteiger partial charge in [0.2, 0.25) is 0 Å². The Labute approximate surface area is 99.8 Å². The number of nitrogens with zero attached hydrogens (tertiary/aromatic N) is 1. The Morgan fingerprint density at radius 1 is 1.35 bits per heavy atom. The second kappa shape index (κ2) is 4.38. The van der Waals surface area contributed by atoms with Gasteiger partial charge in [-0.25, -0.2) is 0 Å². The molecule has 17 heavy (non-hydrogen) atoms. The number of hydrogen-bond donors (Lipinski definition) is 1. The van der Waals surface area contributed by atoms with Gasteiger partial charge in [-0.1, -0.05) is 12.1 Å². The van der Waals surface area contributed by atoms with E-state index in [0.717, 1.165) is 11.8 Å². The quantitative estimate of drug-likeness (QED) is 0.492. The minimum Gasteiger partial charge on any atom is -0.282 e. The van der Waals surface area contributed by atoms with Gasteiger partial charge in [0.25, 0.3) is 16.8 Å². The van der Waals surface area contributed by atoms with Crippen molar-refractivity contribution in [2.75, 3.05) is 0 Å². The lowest BCUT2D eigenvalue weighted by Crippen LogP contribution is -2.17. The van der Waals surface area contributed by atoms with E-state index in [-0.39, 0.29) is 10.6 Å². The molecular formula is C10H6N2O4S. The van der Waals surface area contributed by atoms with E-state index in [4.69, 9.17) is 0 Å². The number of carbonyl (C=O) groups excluding carboxylic acids is 2. The second-order valence-corrected chi connectivity index (χ2v) is 4.22. The van der Waals surface area contributed by atoms with Gasteiger partial charge in [-0.2, -0.15) is 0 Å². The summed E-state index contributed by atoms with van der Waals surface area (Å²) in [7, 11) is 0. The van der Waals surface area contributed by atoms with Crippen LogP contribution in [0.3, 0.4) is 0 Å². The Balaban J connectivity index is 2.33. The van der Waals surface area contributed by atoms with Gasteiger partial charge in [-0.15, -0.1) is 0 Å². The molecule has 7 heteroatoms. The highest BCUT2D eigenvalue weighted by atomic mass is 32.2. The Morgan fingerprint density at radius 2 is 2.12 bits per heavy atom. The van der Waals surface area contributed by atoms with Crippen LogP contribution in [0.5, 0.6) is 0 Å². The number of rotatable bonds is 2. The standard InChI is InChI=1S/C10H6N2O4S/c13-9-8(17-10(14)11-9)5-6-2-1-3-7(4-6)12(15)16/h1-5H,(H,11,13,14)/b8-5-. The van der Waals surface area contributed by atoms with Crippen molar-refractivity contribution in [3.05, 3.63) is 44.8 Å². The van der Waals surface area contributed by atoms with Crippen LogP contribution in [-0.4, -0.2) is 16.1 Å². The first-order chi connectivity index (χ1) is 8.06. The van der Waals surface area contributed by atoms with Crippen molar-refractivity contribution >= 4 is 34.7 Å². The van der Waals surface area contributed by atoms with Crippen molar-refractivity contribution in [3.8, 4) is 0 Å². The molecule has 0 atom stereocenters. The van der Waals surface area contributed by atoms with Gasteiger partial charge >= 0.3 is 0 Å². The predicted molar refractivity (Wildman–Crippen MR) is 62.2 cm³/mol. The third-order valence-corrected chi connectivity index (χ3v) is 2.83. The molecule has 0 aliphatic carbocycles. The fourth-order valence-corrected chi connectivity index (χ4v) is 1.98. The smallest absolute Gasteiger partial charge is 0.282 e. The summed E-state index contributed by atoms with van der Waals surface area (Å²) in [6.07, 6.45) is 1.44. The third-order valence-electron chi connectivity index (χ3n) is 2.02. The van der Waals surface area contributed by atoms with Crippen molar-refractivity contribution in [3.63, 3.8) is 0 Å². The van der Waals surface area contributed by atoms with E-state index >= 15 is 0 Å². The summed E-state index contributed by atoms with van der Waals surface area (Å²) < 4.78 is 0. The summed E-state index contributed by atoms with van der Waals surface area (Å²) in [6.45, 7) is 0. The SMILES string of the molecule is O=C1NC(=O)/C(=C/c2cccc([N+](=O)[O-])c2)S1. The van der Waals surface area contributed by atoms with Crippen LogP contribution in [0.1, 0.15) is 5.56 Å². The van der Waals surface area contributed by atoms with Crippen LogP contribution in [0, 0.1) is 10.1 Å². The average molecular weight is 250 g/mol. The predicted octanol–water partition coefficient (Wildman–Crippen LogP) is 1.92. The van der Waals surface area contributed by atoms with E-state index in [2.05, 4.69) is 5.32 Å². The van der Waals surface area contributed by atoms with Gasteiger partial charge < -0.3 is 0 Å². The molecule has 0 aromatic heterocycles. The third kappa shape index (κ3) is 2.51. The molecule has 1 aromatic rings. The van der Waals surface area contributed by atoms with Crippen LogP contribution in [0.25, 0.3) is 6.08 Å². The fraction of sp³-hybridized carbons (Fsp3) is 0. The molecule has 0 saturated carbocycles. The van der Waals surface area contributed by atoms with Crippen LogP contribution in [0.2, 0.25) is 0 Å². The summed E-state index contributed by atoms with van der Waals surface area (Å²) in [5, 5.41) is 12.2. The van der Waals surface area contributed by atoms with Crippen molar-refractivity contribution in [2.24, 2.45) is 0 Å². The van der Waals surface area contributed by atoms with E-state index in [9.17, 15) is 19.7 Å². The summed E-state index contributed by atoms with van der Waals surface area (Å²) >= 11 is 0.774. The average Bonchev–Trinajstić information content (AvgIpc) is 2.58. The first-order valence-electron chi connectivity index (χ1n) is 4.55. The van der Waals surface area contributed by atoms with Crippen LogP contribution >= 0.6 is 11.8 Å². The normalized spacial score (nSPS) is 17.3. The molecule has 2 rings (SSSR count). The molecule has 1 aliphatic rings. The molecule has 1 saturated heterocycles. The summed E-state index contributed by atoms with van der Waals surface area (Å²) in [5.41, 5.74) is 0.445. The molecule has 1 aromatic carbocycles. The maximum atomic E-state index is 11.3. The molecule has 0 unspecified atom stereocenters. The number of nitro benzene ring substituents is 1. The Bertz CT molecular complexity index is 553. The van der Waals surface area contributed by atoms with Gasteiger partial charge in [-0.3, -0.25) is 25.0 Å². The Morgan fingerprint density at radius 3 is 2.71 bits per heavy atom. The molecule has 6 nitrogen and oxygen atoms in total. The molecule has 1 fully saturated rings. The minimum atomic E-state index is -0.519. The summed E-state index contributed by atoms with van der Waals surface area (Å²) in [4.78, 5) is 32.4. The Hall–Kier alpha value is -2.15. The van der Waals surface area contributed by atoms with Crippen molar-refractivity contribution < 1.29 is 14.5 Å². The molecule has 1 N–H and O–H groups in total. The minimum absolute atomic E-state index is 0.0610. The molecule has 1 aliphatic heterocycles. The summed E-state index contributed by atoms with van der Waals surface area (Å²) in [6, 6.07) is 5.83. The molecule has 0 bridgehead atoms. The zero-order valence-corrected chi connectivity index (χ0v) is 9.19. The number of benzene rings is 1. The van der Waals surface area contributed by atoms with E-state index < -0.39 is 16.1 Å². The molecule has 0 spiro atoms. The maximum Gasteiger partial charge on any atom is 0.290 e. The monoisotopic (exact) mass is 250 g/mol. The van der Waals surface area contributed by atoms with Crippen LogP contribution in [0.15, 0.2) is 29.2 Å². The lowest BCUT2D eigenvalue weighted by atomic mass is 10.2. The molecule has 86 valence electrons. The first kappa shape index (κ1) is 11.3. The summed E-state index contributed by atoms with van der Waals surface area (Å²) in [5.74, 6) is -0.480. The number of nitro groups is 1. The van der Waals surface area contributed by atoms with Gasteiger partial charge in [-0.05, 0) is 23.4 Å². The van der Waals surface area contributed by atoms with Gasteiger partial charge in [0.1, 0.15) is 0 Å². The molecular weight excluding hydrogens is 244 g/mol. The fourth-order valence-electron chi connectivity index (χ4n) is 1.30. The van der Waals surface area contributed by atoms with Gasteiger partial charge in [0.15, 0.2) is 0 Å². The van der Waals surface area contributed by atoms with Gasteiger partial charge in [0.05, 0.1) is 9.83 Å². The number of thioether (sulfide) groups is 1. The molecule has 2 amide bonds. The largest absolute Gasteiger partial charge is 0.290 e. The van der Waals surface area contributed by atoms with E-state index in [1.54, 1.807) is 6.07 Å². The van der Waals surface area contributed by atoms with E-state index in [0.29, 0.717) is 5.56 Å². The number of nitrogens with one attached hydrogen (secondary N) is 1. The van der Waals surface area contributed by atoms with E-state index in [1.807, 2.05) is 0 Å². The first-order valence-corrected chi connectivity index (χ1v) is 5.37. The highest BCUT2D eigenvalue weighted by molar-refractivity contribution is 8.18. The highest BCUT2D eigenvalue weighted by Crippen LogP contribution is 2.26. The zero-order valence-electron chi connectivity index (χ0n) is 8.38. The van der Waals surface area contributed by atoms with Crippen molar-refractivity contribution in [2.45, 2.75) is 0 Å². The number of amides is 2. The maximum absolute atomic E-state index is 11.3. The van der Waals surface area contributed by atoms with Gasteiger partial charge in [0, 0.05) is 12.1 Å². The Kier molecular flexibility index (Phi) is 2.92. The van der Waals surface area contributed by atoms with Crippen molar-refractivity contribution in [1.82, 2.24) is 5.32 Å². The van der Waals surface area contributed by atoms with Crippen LogP contribution in [0.4, 0.5) is 10.5 Å². The lowest BCUT2D eigenvalue weighted by Gasteiger charge is -1.95. The highest BCUT2D eigenvalue weighted by Gasteiger charge is 2.25. The van der Waals surface area contributed by atoms with Crippen LogP contribution in [-0.2, 0) is 4.79 Å². The lowest BCUT2D eigenvalue weighted by molar-refractivity contribution is -0.384. The zero-order chi connectivity index (χ0) is 12.4. The molecule has 1 heterocycles. The van der Waals surface area contributed by atoms with Crippen LogP contribution < -0.4 is 5.32 Å². The number of carbonyl (C=O) groups is 2. The number of non-ortho nitro benzene ring substituents is 1. The van der Waals surface area contributed by atoms with E-state index in [1.165, 1.54) is 24.3 Å². The number of imide groups is 1. The van der Waals surface area contributed by atoms with Crippen molar-refractivity contribution in [1.29, 1.82) is 0 Å².